The summed E-state index contributed by atoms with van der Waals surface area (Å²) in [5, 5.41) is 0. The fourth-order valence-electron chi connectivity index (χ4n) is 7.96. The zero-order valence-corrected chi connectivity index (χ0v) is 34.7. The van der Waals surface area contributed by atoms with Gasteiger partial charge in [-0.1, -0.05) is 36.4 Å². The third-order valence-corrected chi connectivity index (χ3v) is 11.3. The summed E-state index contributed by atoms with van der Waals surface area (Å²) in [7, 11) is 6.62. The van der Waals surface area contributed by atoms with Crippen molar-refractivity contribution in [2.24, 2.45) is 0 Å². The van der Waals surface area contributed by atoms with E-state index in [-0.39, 0.29) is 0 Å². The maximum atomic E-state index is 13.5. The average molecular weight is 815 g/mol. The van der Waals surface area contributed by atoms with Crippen LogP contribution in [0.25, 0.3) is 33.4 Å². The number of carbonyl (C=O) groups excluding carboxylic acids is 2. The van der Waals surface area contributed by atoms with Gasteiger partial charge in [0.1, 0.15) is 23.0 Å². The van der Waals surface area contributed by atoms with Crippen molar-refractivity contribution in [3.05, 3.63) is 193 Å². The number of hydrogen-bond donors (Lipinski definition) is 0. The SMILES string of the molecule is COc1ccc(N(c2ccc(OC)cc2)c2ccc(-c3ccc4c(c3)-c3cc(-c5ccc(N(c6ccc(OC)cc6)c6ccc(OC)cc6)cc5)ccc3C(=O)C4=O)cc2)cc1. The predicted octanol–water partition coefficient (Wildman–Crippen LogP) is 13.0. The number of carbonyl (C=O) groups is 2. The first-order valence-electron chi connectivity index (χ1n) is 20.1. The minimum Gasteiger partial charge on any atom is -0.497 e. The molecule has 304 valence electrons. The van der Waals surface area contributed by atoms with Gasteiger partial charge in [0.15, 0.2) is 0 Å². The van der Waals surface area contributed by atoms with Crippen molar-refractivity contribution in [3.8, 4) is 56.4 Å². The summed E-state index contributed by atoms with van der Waals surface area (Å²) in [5.41, 5.74) is 11.8. The summed E-state index contributed by atoms with van der Waals surface area (Å²) in [6, 6.07) is 59.8. The van der Waals surface area contributed by atoms with E-state index >= 15 is 0 Å². The lowest BCUT2D eigenvalue weighted by Crippen LogP contribution is -2.21. The van der Waals surface area contributed by atoms with Crippen molar-refractivity contribution in [2.45, 2.75) is 0 Å². The van der Waals surface area contributed by atoms with Crippen molar-refractivity contribution in [3.63, 3.8) is 0 Å². The second-order valence-corrected chi connectivity index (χ2v) is 14.7. The third-order valence-electron chi connectivity index (χ3n) is 11.3. The van der Waals surface area contributed by atoms with Crippen LogP contribution < -0.4 is 28.7 Å². The predicted molar refractivity (Wildman–Crippen MR) is 247 cm³/mol. The zero-order chi connectivity index (χ0) is 42.7. The molecular weight excluding hydrogens is 773 g/mol. The highest BCUT2D eigenvalue weighted by Crippen LogP contribution is 2.42. The molecule has 0 radical (unpaired) electrons. The number of anilines is 6. The van der Waals surface area contributed by atoms with E-state index in [1.54, 1.807) is 40.6 Å². The minimum atomic E-state index is -0.502. The zero-order valence-electron chi connectivity index (χ0n) is 34.7. The lowest BCUT2D eigenvalue weighted by molar-refractivity contribution is 0.0815. The summed E-state index contributed by atoms with van der Waals surface area (Å²) in [5.74, 6) is 2.09. The highest BCUT2D eigenvalue weighted by atomic mass is 16.5. The van der Waals surface area contributed by atoms with E-state index in [1.165, 1.54) is 0 Å². The van der Waals surface area contributed by atoms with E-state index in [1.807, 2.05) is 121 Å². The van der Waals surface area contributed by atoms with Crippen LogP contribution in [0.2, 0.25) is 0 Å². The molecule has 0 saturated carbocycles. The van der Waals surface area contributed by atoms with Gasteiger partial charge in [0, 0.05) is 45.3 Å². The first-order chi connectivity index (χ1) is 30.3. The summed E-state index contributed by atoms with van der Waals surface area (Å²) in [4.78, 5) is 31.3. The molecule has 8 aromatic carbocycles. The van der Waals surface area contributed by atoms with Crippen molar-refractivity contribution in [2.75, 3.05) is 38.2 Å². The Morgan fingerprint density at radius 1 is 0.274 bits per heavy atom. The van der Waals surface area contributed by atoms with E-state index in [0.29, 0.717) is 11.1 Å². The average Bonchev–Trinajstić information content (AvgIpc) is 3.34. The second-order valence-electron chi connectivity index (χ2n) is 14.7. The van der Waals surface area contributed by atoms with Gasteiger partial charge in [-0.25, -0.2) is 0 Å². The topological polar surface area (TPSA) is 77.5 Å². The number of Topliss-reactive ketones (excluding diaryl/α,β-unsaturated/α-hetero) is 2. The molecule has 0 spiro atoms. The Hall–Kier alpha value is -8.10. The van der Waals surface area contributed by atoms with Gasteiger partial charge in [0.2, 0.25) is 11.6 Å². The molecule has 9 rings (SSSR count). The summed E-state index contributed by atoms with van der Waals surface area (Å²) < 4.78 is 21.7. The van der Waals surface area contributed by atoms with Gasteiger partial charge >= 0.3 is 0 Å². The Kier molecular flexibility index (Phi) is 10.7. The molecule has 0 fully saturated rings. The maximum Gasteiger partial charge on any atom is 0.234 e. The molecule has 8 heteroatoms. The van der Waals surface area contributed by atoms with E-state index in [2.05, 4.69) is 58.3 Å². The molecule has 0 heterocycles. The number of benzene rings is 8. The number of fused-ring (bicyclic) bond motifs is 3. The quantitative estimate of drug-likeness (QED) is 0.113. The van der Waals surface area contributed by atoms with Gasteiger partial charge in [-0.2, -0.15) is 0 Å². The highest BCUT2D eigenvalue weighted by molar-refractivity contribution is 6.53. The van der Waals surface area contributed by atoms with E-state index in [9.17, 15) is 9.59 Å². The van der Waals surface area contributed by atoms with Crippen molar-refractivity contribution in [1.82, 2.24) is 0 Å². The lowest BCUT2D eigenvalue weighted by Gasteiger charge is -2.26. The first kappa shape index (κ1) is 39.4. The van der Waals surface area contributed by atoms with Crippen LogP contribution in [0.1, 0.15) is 20.7 Å². The van der Waals surface area contributed by atoms with Crippen LogP contribution in [0.15, 0.2) is 182 Å². The highest BCUT2D eigenvalue weighted by Gasteiger charge is 2.31. The normalized spacial score (nSPS) is 11.6. The number of nitrogens with zero attached hydrogens (tertiary/aromatic N) is 2. The Bertz CT molecular complexity index is 2590. The largest absolute Gasteiger partial charge is 0.497 e. The Morgan fingerprint density at radius 2 is 0.500 bits per heavy atom. The van der Waals surface area contributed by atoms with Crippen LogP contribution in [0.5, 0.6) is 23.0 Å². The smallest absolute Gasteiger partial charge is 0.234 e. The number of ether oxygens (including phenoxy) is 4. The fourth-order valence-corrected chi connectivity index (χ4v) is 7.96. The molecule has 1 aliphatic rings. The van der Waals surface area contributed by atoms with Crippen molar-refractivity contribution < 1.29 is 28.5 Å². The van der Waals surface area contributed by atoms with Crippen molar-refractivity contribution in [1.29, 1.82) is 0 Å². The molecule has 0 aliphatic heterocycles. The third kappa shape index (κ3) is 7.50. The summed E-state index contributed by atoms with van der Waals surface area (Å²) >= 11 is 0. The van der Waals surface area contributed by atoms with Gasteiger partial charge in [0.05, 0.1) is 28.4 Å². The molecule has 0 bridgehead atoms. The second kappa shape index (κ2) is 16.9. The van der Waals surface area contributed by atoms with E-state index < -0.39 is 11.6 Å². The van der Waals surface area contributed by atoms with Crippen LogP contribution in [0.4, 0.5) is 34.1 Å². The lowest BCUT2D eigenvalue weighted by atomic mass is 9.81. The molecule has 0 atom stereocenters. The number of hydrogen-bond acceptors (Lipinski definition) is 8. The summed E-state index contributed by atoms with van der Waals surface area (Å²) in [6.07, 6.45) is 0. The van der Waals surface area contributed by atoms with E-state index in [0.717, 1.165) is 90.5 Å². The number of ketones is 2. The molecule has 0 aromatic heterocycles. The van der Waals surface area contributed by atoms with Crippen molar-refractivity contribution >= 4 is 45.7 Å². The van der Waals surface area contributed by atoms with Gasteiger partial charge in [0.25, 0.3) is 0 Å². The molecule has 62 heavy (non-hydrogen) atoms. The standard InChI is InChI=1S/C54H42N2O6/c1-59-45-23-15-41(16-24-45)55(42-17-25-46(60-2)26-18-42)39-11-5-35(6-12-39)37-9-31-49-51(33-37)52-34-38(10-32-50(52)54(58)53(49)57)36-7-13-40(14-8-36)56(43-19-27-47(61-3)28-20-43)44-21-29-48(62-4)30-22-44/h5-34H,1-4H3. The molecule has 1 aliphatic carbocycles. The summed E-state index contributed by atoms with van der Waals surface area (Å²) in [6.45, 7) is 0. The van der Waals surface area contributed by atoms with Crippen LogP contribution in [0.3, 0.4) is 0 Å². The number of rotatable bonds is 12. The molecule has 0 unspecified atom stereocenters. The van der Waals surface area contributed by atoms with Crippen LogP contribution in [-0.2, 0) is 0 Å². The number of methoxy groups -OCH3 is 4. The first-order valence-corrected chi connectivity index (χ1v) is 20.1. The van der Waals surface area contributed by atoms with Crippen LogP contribution in [-0.4, -0.2) is 40.0 Å². The fraction of sp³-hybridized carbons (Fsp3) is 0.0741. The van der Waals surface area contributed by atoms with Gasteiger partial charge in [-0.3, -0.25) is 9.59 Å². The van der Waals surface area contributed by atoms with Gasteiger partial charge < -0.3 is 28.7 Å². The molecule has 0 amide bonds. The molecule has 8 aromatic rings. The Labute approximate surface area is 360 Å². The maximum absolute atomic E-state index is 13.5. The Balaban J connectivity index is 1.04. The van der Waals surface area contributed by atoms with Crippen LogP contribution >= 0.6 is 0 Å². The molecule has 0 saturated heterocycles. The Morgan fingerprint density at radius 3 is 0.742 bits per heavy atom. The molecule has 0 N–H and O–H groups in total. The van der Waals surface area contributed by atoms with Gasteiger partial charge in [-0.05, 0) is 179 Å². The van der Waals surface area contributed by atoms with Gasteiger partial charge in [-0.15, -0.1) is 0 Å². The monoisotopic (exact) mass is 814 g/mol. The minimum absolute atomic E-state index is 0.398. The molecule has 8 nitrogen and oxygen atoms in total. The molecular formula is C54H42N2O6. The van der Waals surface area contributed by atoms with Crippen LogP contribution in [0, 0.1) is 0 Å². The van der Waals surface area contributed by atoms with E-state index in [4.69, 9.17) is 18.9 Å².